The summed E-state index contributed by atoms with van der Waals surface area (Å²) < 4.78 is 70.3. The Kier molecular flexibility index (Phi) is 4.72. The molecule has 35 heavy (non-hydrogen) atoms. The Hall–Kier alpha value is -3.48. The smallest absolute Gasteiger partial charge is 0.369 e. The van der Waals surface area contributed by atoms with E-state index in [2.05, 4.69) is 15.2 Å². The summed E-state index contributed by atoms with van der Waals surface area (Å²) in [4.78, 5) is 21.6. The van der Waals surface area contributed by atoms with Crippen molar-refractivity contribution in [2.24, 2.45) is 0 Å². The molecule has 4 heterocycles. The molecule has 2 fully saturated rings. The number of rotatable bonds is 4. The van der Waals surface area contributed by atoms with Gasteiger partial charge in [-0.3, -0.25) is 19.4 Å². The minimum atomic E-state index is -4.30. The quantitative estimate of drug-likeness (QED) is 0.564. The molecule has 1 N–H and O–H groups in total. The lowest BCUT2D eigenvalue weighted by atomic mass is 10.1. The lowest BCUT2D eigenvalue weighted by Gasteiger charge is -2.36. The summed E-state index contributed by atoms with van der Waals surface area (Å²) in [5.74, 6) is -2.21. The van der Waals surface area contributed by atoms with Crippen molar-refractivity contribution in [2.75, 3.05) is 42.5 Å². The zero-order valence-electron chi connectivity index (χ0n) is 18.3. The number of amides is 1. The molecule has 1 aromatic carbocycles. The van der Waals surface area contributed by atoms with Crippen LogP contribution in [-0.4, -0.2) is 69.5 Å². The first-order chi connectivity index (χ1) is 16.7. The summed E-state index contributed by atoms with van der Waals surface area (Å²) in [5.41, 5.74) is -0.00453. The number of benzene rings is 1. The maximum absolute atomic E-state index is 15.4. The van der Waals surface area contributed by atoms with Gasteiger partial charge in [0.2, 0.25) is 5.95 Å². The number of H-pyrrole nitrogens is 1. The zero-order valence-corrected chi connectivity index (χ0v) is 18.3. The van der Waals surface area contributed by atoms with Crippen molar-refractivity contribution < 1.29 is 26.7 Å². The highest BCUT2D eigenvalue weighted by Gasteiger charge is 2.62. The van der Waals surface area contributed by atoms with Crippen molar-refractivity contribution in [3.8, 4) is 11.4 Å². The highest BCUT2D eigenvalue weighted by atomic mass is 19.4. The maximum Gasteiger partial charge on any atom is 0.401 e. The molecule has 2 aliphatic heterocycles. The molecule has 1 saturated heterocycles. The number of aromatic nitrogens is 4. The van der Waals surface area contributed by atoms with Gasteiger partial charge in [-0.25, -0.2) is 18.7 Å². The van der Waals surface area contributed by atoms with E-state index < -0.39 is 41.5 Å². The Morgan fingerprint density at radius 3 is 2.31 bits per heavy atom. The van der Waals surface area contributed by atoms with E-state index in [0.717, 1.165) is 17.0 Å². The number of fused-ring (bicyclic) bond motifs is 2. The topological polar surface area (TPSA) is 73.3 Å². The number of nitrogens with zero attached hydrogens (tertiary/aromatic N) is 6. The molecule has 1 saturated carbocycles. The maximum atomic E-state index is 15.4. The zero-order chi connectivity index (χ0) is 24.5. The van der Waals surface area contributed by atoms with E-state index in [1.165, 1.54) is 11.1 Å². The van der Waals surface area contributed by atoms with E-state index in [4.69, 9.17) is 0 Å². The van der Waals surface area contributed by atoms with Crippen LogP contribution in [0.1, 0.15) is 12.8 Å². The van der Waals surface area contributed by atoms with Crippen LogP contribution in [0.4, 0.5) is 39.3 Å². The van der Waals surface area contributed by atoms with Crippen molar-refractivity contribution in [3.05, 3.63) is 42.2 Å². The Morgan fingerprint density at radius 2 is 1.74 bits per heavy atom. The number of halogens is 5. The number of alkyl halides is 3. The van der Waals surface area contributed by atoms with Crippen molar-refractivity contribution in [2.45, 2.75) is 24.6 Å². The van der Waals surface area contributed by atoms with Crippen LogP contribution in [0.25, 0.3) is 11.4 Å². The van der Waals surface area contributed by atoms with Crippen LogP contribution in [0.3, 0.4) is 0 Å². The van der Waals surface area contributed by atoms with Gasteiger partial charge in [0.15, 0.2) is 11.6 Å². The minimum absolute atomic E-state index is 0.117. The summed E-state index contributed by atoms with van der Waals surface area (Å²) in [5, 5.41) is 6.75. The molecule has 13 heteroatoms. The fourth-order valence-corrected chi connectivity index (χ4v) is 5.03. The first-order valence-corrected chi connectivity index (χ1v) is 11.1. The molecule has 0 bridgehead atoms. The van der Waals surface area contributed by atoms with E-state index in [1.54, 1.807) is 21.7 Å². The number of hydrogen-bond donors (Lipinski definition) is 1. The molecule has 1 amide bonds. The molecule has 6 rings (SSSR count). The molecule has 0 unspecified atom stereocenters. The number of imidazole rings is 1. The van der Waals surface area contributed by atoms with Gasteiger partial charge in [-0.15, -0.1) is 0 Å². The molecule has 1 spiro atoms. The van der Waals surface area contributed by atoms with Crippen LogP contribution in [0.2, 0.25) is 0 Å². The second kappa shape index (κ2) is 7.51. The minimum Gasteiger partial charge on any atom is -0.369 e. The van der Waals surface area contributed by atoms with Crippen molar-refractivity contribution >= 4 is 23.2 Å². The number of carbonyl (C=O) groups excluding carboxylic acids is 1. The van der Waals surface area contributed by atoms with E-state index in [1.807, 2.05) is 0 Å². The SMILES string of the molecule is O=C1N(c2c(F)cc(N3CCN(CC(F)(F)F)CC3)cc2F)c2ncc(-c3ccn[nH]3)n2C12CC2. The largest absolute Gasteiger partial charge is 0.401 e. The molecule has 0 atom stereocenters. The Labute approximate surface area is 195 Å². The summed E-state index contributed by atoms with van der Waals surface area (Å²) >= 11 is 0. The predicted molar refractivity (Wildman–Crippen MR) is 115 cm³/mol. The van der Waals surface area contributed by atoms with Crippen LogP contribution in [-0.2, 0) is 10.3 Å². The highest BCUT2D eigenvalue weighted by molar-refractivity contribution is 6.09. The van der Waals surface area contributed by atoms with Gasteiger partial charge >= 0.3 is 6.18 Å². The van der Waals surface area contributed by atoms with Crippen molar-refractivity contribution in [1.29, 1.82) is 0 Å². The van der Waals surface area contributed by atoms with Gasteiger partial charge in [0, 0.05) is 38.1 Å². The number of hydrogen-bond acceptors (Lipinski definition) is 5. The highest BCUT2D eigenvalue weighted by Crippen LogP contribution is 2.56. The normalized spacial score (nSPS) is 19.6. The number of nitrogens with one attached hydrogen (secondary N) is 1. The molecule has 3 aliphatic rings. The van der Waals surface area contributed by atoms with Gasteiger partial charge in [0.25, 0.3) is 5.91 Å². The molecule has 3 aromatic rings. The predicted octanol–water partition coefficient (Wildman–Crippen LogP) is 3.40. The molecular weight excluding hydrogens is 473 g/mol. The molecule has 1 aliphatic carbocycles. The second-order valence-corrected chi connectivity index (χ2v) is 9.06. The number of carbonyl (C=O) groups is 1. The lowest BCUT2D eigenvalue weighted by molar-refractivity contribution is -0.146. The fraction of sp³-hybridized carbons (Fsp3) is 0.409. The Bertz CT molecular complexity index is 1270. The van der Waals surface area contributed by atoms with Gasteiger partial charge in [-0.05, 0) is 31.0 Å². The Morgan fingerprint density at radius 1 is 1.06 bits per heavy atom. The summed E-state index contributed by atoms with van der Waals surface area (Å²) in [6.07, 6.45) is -0.156. The third-order valence-electron chi connectivity index (χ3n) is 6.84. The fourth-order valence-electron chi connectivity index (χ4n) is 5.03. The van der Waals surface area contributed by atoms with Gasteiger partial charge in [-0.1, -0.05) is 0 Å². The number of aromatic amines is 1. The third-order valence-corrected chi connectivity index (χ3v) is 6.84. The molecule has 0 radical (unpaired) electrons. The van der Waals surface area contributed by atoms with Gasteiger partial charge in [0.1, 0.15) is 11.2 Å². The summed E-state index contributed by atoms with van der Waals surface area (Å²) in [6.45, 7) is -0.401. The van der Waals surface area contributed by atoms with Gasteiger partial charge in [0.05, 0.1) is 24.1 Å². The molecule has 8 nitrogen and oxygen atoms in total. The standard InChI is InChI=1S/C22H20F5N7O/c23-14-9-13(32-7-5-31(6-8-32)12-22(25,26)27)10-15(24)18(14)33-19(35)21(2-3-21)34-17(11-28-20(33)34)16-1-4-29-30-16/h1,4,9-11H,2-3,5-8,12H2,(H,29,30). The number of anilines is 3. The van der Waals surface area contributed by atoms with Crippen LogP contribution in [0.15, 0.2) is 30.6 Å². The van der Waals surface area contributed by atoms with Crippen LogP contribution in [0.5, 0.6) is 0 Å². The van der Waals surface area contributed by atoms with E-state index >= 15 is 8.78 Å². The van der Waals surface area contributed by atoms with Gasteiger partial charge in [-0.2, -0.15) is 18.3 Å². The van der Waals surface area contributed by atoms with E-state index in [-0.39, 0.29) is 37.8 Å². The summed E-state index contributed by atoms with van der Waals surface area (Å²) in [6, 6.07) is 3.95. The number of piperazine rings is 1. The molecular formula is C22H20F5N7O. The van der Waals surface area contributed by atoms with Crippen molar-refractivity contribution in [3.63, 3.8) is 0 Å². The third kappa shape index (κ3) is 3.48. The lowest BCUT2D eigenvalue weighted by Crippen LogP contribution is -2.49. The van der Waals surface area contributed by atoms with Crippen LogP contribution < -0.4 is 9.80 Å². The average Bonchev–Trinajstić information content (AvgIpc) is 3.13. The molecule has 2 aromatic heterocycles. The molecule has 184 valence electrons. The van der Waals surface area contributed by atoms with Crippen LogP contribution in [0, 0.1) is 11.6 Å². The van der Waals surface area contributed by atoms with Gasteiger partial charge < -0.3 is 4.90 Å². The van der Waals surface area contributed by atoms with E-state index in [0.29, 0.717) is 24.2 Å². The average molecular weight is 493 g/mol. The second-order valence-electron chi connectivity index (χ2n) is 9.06. The van der Waals surface area contributed by atoms with Crippen LogP contribution >= 0.6 is 0 Å². The monoisotopic (exact) mass is 493 g/mol. The Balaban J connectivity index is 1.30. The van der Waals surface area contributed by atoms with E-state index in [9.17, 15) is 18.0 Å². The first kappa shape index (κ1) is 22.0. The first-order valence-electron chi connectivity index (χ1n) is 11.1. The van der Waals surface area contributed by atoms with Crippen molar-refractivity contribution in [1.82, 2.24) is 24.6 Å². The summed E-state index contributed by atoms with van der Waals surface area (Å²) in [7, 11) is 0.